The Balaban J connectivity index is 0.000000336. The summed E-state index contributed by atoms with van der Waals surface area (Å²) in [6.07, 6.45) is 0. The van der Waals surface area contributed by atoms with Crippen molar-refractivity contribution in [1.82, 2.24) is 0 Å². The van der Waals surface area contributed by atoms with Crippen molar-refractivity contribution in [2.24, 2.45) is 0 Å². The monoisotopic (exact) mass is 621 g/mol. The smallest absolute Gasteiger partial charge is 0.101 e. The van der Waals surface area contributed by atoms with Gasteiger partial charge < -0.3 is 10.5 Å². The molecule has 4 rings (SSSR count). The van der Waals surface area contributed by atoms with Crippen LogP contribution in [-0.4, -0.2) is 8.42 Å². The SMILES string of the molecule is Cc1ccc(C(C)C)cc1.[Cl][Ru+2].[NH-][C@H](c1ccccc1)[C@H]([N-]S(=O)(=O)c1ccccc1)c1ccccc1. The van der Waals surface area contributed by atoms with Gasteiger partial charge in [0.1, 0.15) is 10.0 Å². The fraction of sp³-hybridized carbons (Fsp3) is 0.200. The third-order valence-corrected chi connectivity index (χ3v) is 7.03. The van der Waals surface area contributed by atoms with Gasteiger partial charge in [0.2, 0.25) is 0 Å². The molecule has 0 aromatic heterocycles. The van der Waals surface area contributed by atoms with Gasteiger partial charge in [0.05, 0.1) is 0 Å². The van der Waals surface area contributed by atoms with E-state index in [2.05, 4.69) is 59.4 Å². The molecule has 0 amide bonds. The fourth-order valence-electron chi connectivity index (χ4n) is 3.56. The molecule has 37 heavy (non-hydrogen) atoms. The minimum Gasteiger partial charge on any atom is -0.672 e. The molecule has 0 heterocycles. The molecule has 0 aliphatic rings. The molecule has 0 saturated carbocycles. The standard InChI is InChI=1S/C20H18N2O2S.C10H14.ClH.Ru/c21-19(16-10-4-1-5-11-16)20(17-12-6-2-7-13-17)22-25(23,24)18-14-8-3-9-15-18;1-8(2)10-6-4-9(3)5-7-10;;/h1-15,19-21H;4-8H,1-3H3;1H;/q-2;;;+3/p-1/t19-,20-;;;/m1.../s1. The largest absolute Gasteiger partial charge is 0.672 e. The van der Waals surface area contributed by atoms with E-state index in [0.717, 1.165) is 5.56 Å². The van der Waals surface area contributed by atoms with Crippen molar-refractivity contribution < 1.29 is 25.7 Å². The van der Waals surface area contributed by atoms with Crippen molar-refractivity contribution in [3.63, 3.8) is 0 Å². The van der Waals surface area contributed by atoms with Gasteiger partial charge >= 0.3 is 27.0 Å². The summed E-state index contributed by atoms with van der Waals surface area (Å²) in [6, 6.07) is 33.5. The van der Waals surface area contributed by atoms with E-state index in [0.29, 0.717) is 11.5 Å². The molecule has 0 bridgehead atoms. The Kier molecular flexibility index (Phi) is 13.2. The number of nitrogens with zero attached hydrogens (tertiary/aromatic N) is 1. The first-order chi connectivity index (χ1) is 17.8. The second-order valence-electron chi connectivity index (χ2n) is 8.70. The number of hydrogen-bond donors (Lipinski definition) is 0. The summed E-state index contributed by atoms with van der Waals surface area (Å²) in [7, 11) is 0.713. The summed E-state index contributed by atoms with van der Waals surface area (Å²) in [4.78, 5) is 0.135. The molecule has 0 aliphatic carbocycles. The van der Waals surface area contributed by atoms with Crippen molar-refractivity contribution in [2.75, 3.05) is 0 Å². The van der Waals surface area contributed by atoms with Crippen molar-refractivity contribution in [1.29, 1.82) is 0 Å². The summed E-state index contributed by atoms with van der Waals surface area (Å²) in [5.41, 5.74) is 12.8. The quantitative estimate of drug-likeness (QED) is 0.193. The van der Waals surface area contributed by atoms with Crippen molar-refractivity contribution >= 4 is 19.7 Å². The van der Waals surface area contributed by atoms with Gasteiger partial charge in [0.25, 0.3) is 0 Å². The van der Waals surface area contributed by atoms with Crippen LogP contribution in [0, 0.1) is 6.92 Å². The second kappa shape index (κ2) is 15.8. The van der Waals surface area contributed by atoms with E-state index >= 15 is 0 Å². The van der Waals surface area contributed by atoms with Gasteiger partial charge in [-0.25, -0.2) is 8.42 Å². The minimum atomic E-state index is -3.86. The summed E-state index contributed by atoms with van der Waals surface area (Å²) >= 11 is 1.82. The summed E-state index contributed by atoms with van der Waals surface area (Å²) in [6.45, 7) is 6.54. The molecule has 7 heteroatoms. The number of aryl methyl sites for hydroxylation is 1. The van der Waals surface area contributed by atoms with Gasteiger partial charge in [-0.2, -0.15) is 0 Å². The zero-order valence-electron chi connectivity index (χ0n) is 21.1. The third kappa shape index (κ3) is 9.81. The van der Waals surface area contributed by atoms with Crippen LogP contribution >= 0.6 is 9.69 Å². The van der Waals surface area contributed by atoms with Crippen molar-refractivity contribution in [2.45, 2.75) is 43.7 Å². The van der Waals surface area contributed by atoms with Gasteiger partial charge in [0, 0.05) is 4.90 Å². The predicted octanol–water partition coefficient (Wildman–Crippen LogP) is 9.09. The molecule has 195 valence electrons. The molecule has 4 nitrogen and oxygen atoms in total. The Hall–Kier alpha value is -2.34. The van der Waals surface area contributed by atoms with Gasteiger partial charge in [-0.1, -0.05) is 134 Å². The normalized spacial score (nSPS) is 12.4. The Morgan fingerprint density at radius 3 is 1.57 bits per heavy atom. The third-order valence-electron chi connectivity index (χ3n) is 5.65. The Morgan fingerprint density at radius 1 is 0.676 bits per heavy atom. The van der Waals surface area contributed by atoms with E-state index in [-0.39, 0.29) is 4.90 Å². The first-order valence-electron chi connectivity index (χ1n) is 11.8. The molecule has 4 aromatic rings. The number of hydrogen-bond acceptors (Lipinski definition) is 2. The molecule has 0 aliphatic heterocycles. The number of sulfonamides is 1. The average molecular weight is 621 g/mol. The maximum Gasteiger partial charge on any atom is 0.101 e. The van der Waals surface area contributed by atoms with E-state index < -0.39 is 22.1 Å². The molecule has 0 fully saturated rings. The maximum atomic E-state index is 12.7. The maximum absolute atomic E-state index is 12.7. The fourth-order valence-corrected chi connectivity index (χ4v) is 4.73. The predicted molar refractivity (Wildman–Crippen MR) is 151 cm³/mol. The van der Waals surface area contributed by atoms with E-state index in [1.165, 1.54) is 23.3 Å². The minimum absolute atomic E-state index is 0.135. The molecule has 2 atom stereocenters. The molecular weight excluding hydrogens is 589 g/mol. The summed E-state index contributed by atoms with van der Waals surface area (Å²) < 4.78 is 29.5. The topological polar surface area (TPSA) is 72.0 Å². The number of benzene rings is 4. The molecule has 0 spiro atoms. The van der Waals surface area contributed by atoms with Gasteiger partial charge in [-0.15, -0.1) is 12.1 Å². The first-order valence-corrected chi connectivity index (χ1v) is 15.5. The average Bonchev–Trinajstić information content (AvgIpc) is 2.94. The Morgan fingerprint density at radius 2 is 1.11 bits per heavy atom. The van der Waals surface area contributed by atoms with Gasteiger partial charge in [0.15, 0.2) is 0 Å². The molecule has 0 saturated heterocycles. The molecule has 1 N–H and O–H groups in total. The van der Waals surface area contributed by atoms with Crippen LogP contribution in [0.15, 0.2) is 120 Å². The number of halogens is 1. The van der Waals surface area contributed by atoms with Crippen LogP contribution in [0.1, 0.15) is 54.1 Å². The van der Waals surface area contributed by atoms with E-state index in [1.807, 2.05) is 65.8 Å². The van der Waals surface area contributed by atoms with Crippen LogP contribution in [0.25, 0.3) is 10.5 Å². The van der Waals surface area contributed by atoms with Crippen molar-refractivity contribution in [3.05, 3.63) is 148 Å². The molecule has 4 aromatic carbocycles. The van der Waals surface area contributed by atoms with Crippen LogP contribution in [0.5, 0.6) is 0 Å². The molecule has 0 unspecified atom stereocenters. The van der Waals surface area contributed by atoms with E-state index in [4.69, 9.17) is 5.73 Å². The van der Waals surface area contributed by atoms with Crippen LogP contribution in [0.4, 0.5) is 0 Å². The van der Waals surface area contributed by atoms with E-state index in [9.17, 15) is 8.42 Å². The second-order valence-corrected chi connectivity index (χ2v) is 10.3. The van der Waals surface area contributed by atoms with Crippen LogP contribution < -0.4 is 0 Å². The number of rotatable bonds is 7. The first kappa shape index (κ1) is 30.9. The molecule has 0 radical (unpaired) electrons. The molecular formula is C30H32ClN2O2RuS. The van der Waals surface area contributed by atoms with Gasteiger partial charge in [-0.05, 0) is 30.5 Å². The summed E-state index contributed by atoms with van der Waals surface area (Å²) in [5, 5.41) is 0. The van der Waals surface area contributed by atoms with Crippen molar-refractivity contribution in [3.8, 4) is 0 Å². The van der Waals surface area contributed by atoms with Crippen LogP contribution in [0.3, 0.4) is 0 Å². The van der Waals surface area contributed by atoms with E-state index in [1.54, 1.807) is 30.3 Å². The Bertz CT molecular complexity index is 1270. The summed E-state index contributed by atoms with van der Waals surface area (Å²) in [5.74, 6) is 0.653. The van der Waals surface area contributed by atoms with Crippen LogP contribution in [-0.2, 0) is 27.3 Å². The van der Waals surface area contributed by atoms with Gasteiger partial charge in [-0.3, -0.25) is 0 Å². The van der Waals surface area contributed by atoms with Crippen LogP contribution in [0.2, 0.25) is 0 Å². The Labute approximate surface area is 236 Å². The zero-order valence-corrected chi connectivity index (χ0v) is 24.4. The zero-order chi connectivity index (χ0) is 27.3. The number of nitrogens with one attached hydrogen (secondary N) is 1.